The SMILES string of the molecule is CC(C)=CCOc1c(C)cccc1C(=O)O. The number of allylic oxidation sites excluding steroid dienone is 1. The number of aromatic carboxylic acids is 1. The van der Waals surface area contributed by atoms with E-state index in [9.17, 15) is 4.79 Å². The average molecular weight is 220 g/mol. The number of ether oxygens (including phenoxy) is 1. The second-order valence-electron chi connectivity index (χ2n) is 3.85. The van der Waals surface area contributed by atoms with Gasteiger partial charge >= 0.3 is 5.97 Å². The van der Waals surface area contributed by atoms with Crippen molar-refractivity contribution in [1.29, 1.82) is 0 Å². The van der Waals surface area contributed by atoms with Crippen molar-refractivity contribution in [3.63, 3.8) is 0 Å². The topological polar surface area (TPSA) is 46.5 Å². The second kappa shape index (κ2) is 5.35. The van der Waals surface area contributed by atoms with Crippen molar-refractivity contribution in [2.24, 2.45) is 0 Å². The minimum absolute atomic E-state index is 0.210. The molecular weight excluding hydrogens is 204 g/mol. The third-order valence-corrected chi connectivity index (χ3v) is 2.16. The smallest absolute Gasteiger partial charge is 0.339 e. The predicted molar refractivity (Wildman–Crippen MR) is 63.1 cm³/mol. The molecule has 0 radical (unpaired) electrons. The van der Waals surface area contributed by atoms with Crippen molar-refractivity contribution in [2.45, 2.75) is 20.8 Å². The van der Waals surface area contributed by atoms with E-state index < -0.39 is 5.97 Å². The summed E-state index contributed by atoms with van der Waals surface area (Å²) < 4.78 is 5.48. The minimum atomic E-state index is -0.962. The highest BCUT2D eigenvalue weighted by Crippen LogP contribution is 2.23. The van der Waals surface area contributed by atoms with E-state index in [1.165, 1.54) is 0 Å². The summed E-state index contributed by atoms with van der Waals surface area (Å²) in [6.07, 6.45) is 1.91. The molecule has 0 aliphatic carbocycles. The molecule has 0 bridgehead atoms. The Morgan fingerprint density at radius 1 is 1.44 bits per heavy atom. The van der Waals surface area contributed by atoms with Gasteiger partial charge in [-0.05, 0) is 38.5 Å². The maximum absolute atomic E-state index is 11.0. The van der Waals surface area contributed by atoms with Crippen molar-refractivity contribution in [3.8, 4) is 5.75 Å². The lowest BCUT2D eigenvalue weighted by Gasteiger charge is -2.10. The third kappa shape index (κ3) is 3.12. The molecule has 0 saturated heterocycles. The Kier molecular flexibility index (Phi) is 4.11. The fraction of sp³-hybridized carbons (Fsp3) is 0.308. The molecule has 16 heavy (non-hydrogen) atoms. The molecule has 1 rings (SSSR count). The van der Waals surface area contributed by atoms with E-state index >= 15 is 0 Å². The molecule has 0 atom stereocenters. The van der Waals surface area contributed by atoms with Gasteiger partial charge in [-0.3, -0.25) is 0 Å². The van der Waals surface area contributed by atoms with E-state index in [1.807, 2.05) is 32.9 Å². The number of carbonyl (C=O) groups is 1. The summed E-state index contributed by atoms with van der Waals surface area (Å²) in [6, 6.07) is 5.10. The summed E-state index contributed by atoms with van der Waals surface area (Å²) in [6.45, 7) is 6.18. The van der Waals surface area contributed by atoms with Gasteiger partial charge in [0.05, 0.1) is 0 Å². The highest BCUT2D eigenvalue weighted by Gasteiger charge is 2.12. The lowest BCUT2D eigenvalue weighted by Crippen LogP contribution is -2.04. The maximum atomic E-state index is 11.0. The summed E-state index contributed by atoms with van der Waals surface area (Å²) in [7, 11) is 0. The van der Waals surface area contributed by atoms with Gasteiger partial charge < -0.3 is 9.84 Å². The molecule has 0 aromatic heterocycles. The Balaban J connectivity index is 2.93. The van der Waals surface area contributed by atoms with Gasteiger partial charge in [0, 0.05) is 0 Å². The number of aryl methyl sites for hydroxylation is 1. The van der Waals surface area contributed by atoms with Gasteiger partial charge in [0.25, 0.3) is 0 Å². The quantitative estimate of drug-likeness (QED) is 0.793. The molecule has 0 amide bonds. The Labute approximate surface area is 95.4 Å². The highest BCUT2D eigenvalue weighted by atomic mass is 16.5. The van der Waals surface area contributed by atoms with Crippen LogP contribution in [0.5, 0.6) is 5.75 Å². The van der Waals surface area contributed by atoms with Crippen LogP contribution >= 0.6 is 0 Å². The molecule has 1 aromatic rings. The first kappa shape index (κ1) is 12.3. The van der Waals surface area contributed by atoms with Crippen LogP contribution in [0.2, 0.25) is 0 Å². The zero-order valence-electron chi connectivity index (χ0n) is 9.78. The maximum Gasteiger partial charge on any atom is 0.339 e. The Hall–Kier alpha value is -1.77. The van der Waals surface area contributed by atoms with Crippen LogP contribution in [0.3, 0.4) is 0 Å². The number of benzene rings is 1. The van der Waals surface area contributed by atoms with E-state index in [0.29, 0.717) is 12.4 Å². The first-order valence-corrected chi connectivity index (χ1v) is 5.11. The van der Waals surface area contributed by atoms with Gasteiger partial charge in [0.2, 0.25) is 0 Å². The molecule has 3 heteroatoms. The zero-order valence-corrected chi connectivity index (χ0v) is 9.78. The van der Waals surface area contributed by atoms with Crippen LogP contribution in [-0.2, 0) is 0 Å². The first-order chi connectivity index (χ1) is 7.52. The largest absolute Gasteiger partial charge is 0.488 e. The van der Waals surface area contributed by atoms with Crippen LogP contribution in [0.25, 0.3) is 0 Å². The zero-order chi connectivity index (χ0) is 12.1. The van der Waals surface area contributed by atoms with E-state index in [-0.39, 0.29) is 5.56 Å². The summed E-state index contributed by atoms with van der Waals surface area (Å²) >= 11 is 0. The molecule has 0 heterocycles. The molecule has 0 saturated carbocycles. The van der Waals surface area contributed by atoms with Crippen molar-refractivity contribution >= 4 is 5.97 Å². The standard InChI is InChI=1S/C13H16O3/c1-9(2)7-8-16-12-10(3)5-4-6-11(12)13(14)15/h4-7H,8H2,1-3H3,(H,14,15). The van der Waals surface area contributed by atoms with Crippen LogP contribution in [0.1, 0.15) is 29.8 Å². The monoisotopic (exact) mass is 220 g/mol. The van der Waals surface area contributed by atoms with Gasteiger partial charge in [-0.2, -0.15) is 0 Å². The van der Waals surface area contributed by atoms with Crippen LogP contribution in [-0.4, -0.2) is 17.7 Å². The predicted octanol–water partition coefficient (Wildman–Crippen LogP) is 3.04. The fourth-order valence-electron chi connectivity index (χ4n) is 1.30. The summed E-state index contributed by atoms with van der Waals surface area (Å²) in [5.41, 5.74) is 2.19. The summed E-state index contributed by atoms with van der Waals surface area (Å²) in [4.78, 5) is 11.0. The van der Waals surface area contributed by atoms with E-state index in [2.05, 4.69) is 0 Å². The van der Waals surface area contributed by atoms with Crippen LogP contribution in [0.15, 0.2) is 29.8 Å². The molecule has 1 aromatic carbocycles. The van der Waals surface area contributed by atoms with Crippen molar-refractivity contribution < 1.29 is 14.6 Å². The third-order valence-electron chi connectivity index (χ3n) is 2.16. The molecule has 1 N–H and O–H groups in total. The van der Waals surface area contributed by atoms with Gasteiger partial charge in [-0.25, -0.2) is 4.79 Å². The molecule has 3 nitrogen and oxygen atoms in total. The number of rotatable bonds is 4. The molecule has 0 unspecified atom stereocenters. The van der Waals surface area contributed by atoms with E-state index in [1.54, 1.807) is 12.1 Å². The van der Waals surface area contributed by atoms with Crippen LogP contribution in [0, 0.1) is 6.92 Å². The molecule has 86 valence electrons. The summed E-state index contributed by atoms with van der Waals surface area (Å²) in [5.74, 6) is -0.511. The normalized spacial score (nSPS) is 9.69. The van der Waals surface area contributed by atoms with E-state index in [4.69, 9.17) is 9.84 Å². The molecule has 0 aliphatic rings. The van der Waals surface area contributed by atoms with Gasteiger partial charge in [0.1, 0.15) is 17.9 Å². The van der Waals surface area contributed by atoms with Crippen LogP contribution < -0.4 is 4.74 Å². The van der Waals surface area contributed by atoms with Crippen molar-refractivity contribution in [2.75, 3.05) is 6.61 Å². The summed E-state index contributed by atoms with van der Waals surface area (Å²) in [5, 5.41) is 9.00. The number of carboxylic acid groups (broad SMARTS) is 1. The first-order valence-electron chi connectivity index (χ1n) is 5.11. The average Bonchev–Trinajstić information content (AvgIpc) is 2.19. The number of hydrogen-bond donors (Lipinski definition) is 1. The lowest BCUT2D eigenvalue weighted by atomic mass is 10.1. The molecule has 0 spiro atoms. The van der Waals surface area contributed by atoms with Gasteiger partial charge in [0.15, 0.2) is 0 Å². The van der Waals surface area contributed by atoms with Crippen LogP contribution in [0.4, 0.5) is 0 Å². The fourth-order valence-corrected chi connectivity index (χ4v) is 1.30. The Bertz CT molecular complexity index is 415. The number of hydrogen-bond acceptors (Lipinski definition) is 2. The second-order valence-corrected chi connectivity index (χ2v) is 3.85. The molecule has 0 fully saturated rings. The highest BCUT2D eigenvalue weighted by molar-refractivity contribution is 5.91. The number of carboxylic acids is 1. The lowest BCUT2D eigenvalue weighted by molar-refractivity contribution is 0.0692. The van der Waals surface area contributed by atoms with Gasteiger partial charge in [-0.1, -0.05) is 17.7 Å². The van der Waals surface area contributed by atoms with Crippen molar-refractivity contribution in [3.05, 3.63) is 41.0 Å². The van der Waals surface area contributed by atoms with Crippen molar-refractivity contribution in [1.82, 2.24) is 0 Å². The Morgan fingerprint density at radius 3 is 2.69 bits per heavy atom. The molecule has 0 aliphatic heterocycles. The van der Waals surface area contributed by atoms with E-state index in [0.717, 1.165) is 11.1 Å². The molecular formula is C13H16O3. The Morgan fingerprint density at radius 2 is 2.12 bits per heavy atom. The van der Waals surface area contributed by atoms with Gasteiger partial charge in [-0.15, -0.1) is 0 Å². The number of para-hydroxylation sites is 1. The minimum Gasteiger partial charge on any atom is -0.488 e.